The molecule has 0 saturated heterocycles. The van der Waals surface area contributed by atoms with Gasteiger partial charge in [-0.25, -0.2) is 4.79 Å². The van der Waals surface area contributed by atoms with Gasteiger partial charge in [-0.1, -0.05) is 0 Å². The number of aromatic carboxylic acids is 1. The molecule has 2 rings (SSSR count). The Morgan fingerprint density at radius 1 is 1.26 bits per heavy atom. The number of anilines is 1. The molecule has 4 nitrogen and oxygen atoms in total. The van der Waals surface area contributed by atoms with Gasteiger partial charge in [-0.3, -0.25) is 4.79 Å². The van der Waals surface area contributed by atoms with Gasteiger partial charge in [0.25, 0.3) is 5.91 Å². The van der Waals surface area contributed by atoms with E-state index in [9.17, 15) is 9.59 Å². The lowest BCUT2D eigenvalue weighted by Crippen LogP contribution is -2.10. The zero-order valence-corrected chi connectivity index (χ0v) is 12.9. The van der Waals surface area contributed by atoms with E-state index in [1.54, 1.807) is 25.1 Å². The van der Waals surface area contributed by atoms with Crippen molar-refractivity contribution in [3.8, 4) is 0 Å². The van der Waals surface area contributed by atoms with E-state index in [-0.39, 0.29) is 10.8 Å². The SMILES string of the molecule is Cc1cc(NC(=O)c2ccc(I)cc2)sc1C(=O)O. The second kappa shape index (κ2) is 5.70. The van der Waals surface area contributed by atoms with Crippen molar-refractivity contribution in [1.29, 1.82) is 0 Å². The zero-order chi connectivity index (χ0) is 14.0. The molecule has 19 heavy (non-hydrogen) atoms. The van der Waals surface area contributed by atoms with Gasteiger partial charge in [-0.15, -0.1) is 11.3 Å². The molecule has 2 aromatic rings. The highest BCUT2D eigenvalue weighted by molar-refractivity contribution is 14.1. The third kappa shape index (κ3) is 3.32. The fourth-order valence-electron chi connectivity index (χ4n) is 1.54. The molecular formula is C13H10INO3S. The second-order valence-corrected chi connectivity index (χ2v) is 6.19. The van der Waals surface area contributed by atoms with Crippen LogP contribution in [0, 0.1) is 10.5 Å². The Bertz CT molecular complexity index is 634. The predicted molar refractivity (Wildman–Crippen MR) is 83.1 cm³/mol. The van der Waals surface area contributed by atoms with E-state index in [1.807, 2.05) is 12.1 Å². The first-order valence-corrected chi connectivity index (χ1v) is 7.27. The molecule has 0 atom stereocenters. The van der Waals surface area contributed by atoms with Gasteiger partial charge in [-0.2, -0.15) is 0 Å². The Morgan fingerprint density at radius 2 is 1.89 bits per heavy atom. The van der Waals surface area contributed by atoms with Crippen LogP contribution < -0.4 is 5.32 Å². The molecule has 1 aromatic carbocycles. The summed E-state index contributed by atoms with van der Waals surface area (Å²) in [7, 11) is 0. The summed E-state index contributed by atoms with van der Waals surface area (Å²) < 4.78 is 1.05. The molecule has 1 amide bonds. The highest BCUT2D eigenvalue weighted by Crippen LogP contribution is 2.27. The monoisotopic (exact) mass is 387 g/mol. The zero-order valence-electron chi connectivity index (χ0n) is 9.94. The first-order valence-electron chi connectivity index (χ1n) is 5.38. The third-order valence-electron chi connectivity index (χ3n) is 2.46. The molecule has 0 fully saturated rings. The molecule has 0 radical (unpaired) electrons. The number of hydrogen-bond acceptors (Lipinski definition) is 3. The van der Waals surface area contributed by atoms with E-state index in [4.69, 9.17) is 5.11 Å². The Balaban J connectivity index is 2.17. The molecular weight excluding hydrogens is 377 g/mol. The Kier molecular flexibility index (Phi) is 4.20. The van der Waals surface area contributed by atoms with Crippen molar-refractivity contribution in [3.63, 3.8) is 0 Å². The van der Waals surface area contributed by atoms with Gasteiger partial charge in [0.15, 0.2) is 0 Å². The van der Waals surface area contributed by atoms with Crippen LogP contribution >= 0.6 is 33.9 Å². The molecule has 2 N–H and O–H groups in total. The summed E-state index contributed by atoms with van der Waals surface area (Å²) in [6, 6.07) is 8.82. The molecule has 1 heterocycles. The number of thiophene rings is 1. The number of carboxylic acid groups (broad SMARTS) is 1. The van der Waals surface area contributed by atoms with Gasteiger partial charge >= 0.3 is 5.97 Å². The summed E-state index contributed by atoms with van der Waals surface area (Å²) in [5.41, 5.74) is 1.19. The van der Waals surface area contributed by atoms with Crippen molar-refractivity contribution in [3.05, 3.63) is 49.9 Å². The summed E-state index contributed by atoms with van der Waals surface area (Å²) in [6.45, 7) is 1.71. The Labute approximate surface area is 127 Å². The predicted octanol–water partition coefficient (Wildman–Crippen LogP) is 3.61. The lowest BCUT2D eigenvalue weighted by Gasteiger charge is -2.02. The van der Waals surface area contributed by atoms with Crippen molar-refractivity contribution in [2.24, 2.45) is 0 Å². The number of halogens is 1. The van der Waals surface area contributed by atoms with Gasteiger partial charge in [-0.05, 0) is 65.4 Å². The van der Waals surface area contributed by atoms with Crippen LogP contribution in [-0.2, 0) is 0 Å². The number of benzene rings is 1. The van der Waals surface area contributed by atoms with Crippen LogP contribution in [0.2, 0.25) is 0 Å². The fraction of sp³-hybridized carbons (Fsp3) is 0.0769. The number of carboxylic acids is 1. The molecule has 0 aliphatic rings. The van der Waals surface area contributed by atoms with Gasteiger partial charge in [0, 0.05) is 9.13 Å². The summed E-state index contributed by atoms with van der Waals surface area (Å²) in [5, 5.41) is 12.2. The van der Waals surface area contributed by atoms with Crippen molar-refractivity contribution in [2.75, 3.05) is 5.32 Å². The minimum absolute atomic E-state index is 0.241. The normalized spacial score (nSPS) is 10.2. The quantitative estimate of drug-likeness (QED) is 0.791. The second-order valence-electron chi connectivity index (χ2n) is 3.89. The van der Waals surface area contributed by atoms with E-state index < -0.39 is 5.97 Å². The van der Waals surface area contributed by atoms with Gasteiger partial charge in [0.05, 0.1) is 5.00 Å². The number of hydrogen-bond donors (Lipinski definition) is 2. The van der Waals surface area contributed by atoms with E-state index in [2.05, 4.69) is 27.9 Å². The third-order valence-corrected chi connectivity index (χ3v) is 4.31. The number of carbonyl (C=O) groups excluding carboxylic acids is 1. The summed E-state index contributed by atoms with van der Waals surface area (Å²) in [5.74, 6) is -1.22. The van der Waals surface area contributed by atoms with Gasteiger partial charge in [0.2, 0.25) is 0 Å². The standard InChI is InChI=1S/C13H10INO3S/c1-7-6-10(19-11(7)13(17)18)15-12(16)8-2-4-9(14)5-3-8/h2-6H,1H3,(H,15,16)(H,17,18). The molecule has 0 spiro atoms. The molecule has 0 bridgehead atoms. The van der Waals surface area contributed by atoms with Gasteiger partial charge < -0.3 is 10.4 Å². The first kappa shape index (κ1) is 14.0. The fourth-order valence-corrected chi connectivity index (χ4v) is 2.81. The average Bonchev–Trinajstić information content (AvgIpc) is 2.71. The molecule has 98 valence electrons. The van der Waals surface area contributed by atoms with Crippen LogP contribution in [0.15, 0.2) is 30.3 Å². The number of aryl methyl sites for hydroxylation is 1. The smallest absolute Gasteiger partial charge is 0.346 e. The Morgan fingerprint density at radius 3 is 2.42 bits per heavy atom. The van der Waals surface area contributed by atoms with Crippen molar-refractivity contribution in [2.45, 2.75) is 6.92 Å². The minimum atomic E-state index is -0.975. The lowest BCUT2D eigenvalue weighted by atomic mass is 10.2. The largest absolute Gasteiger partial charge is 0.477 e. The average molecular weight is 387 g/mol. The summed E-state index contributed by atoms with van der Waals surface area (Å²) in [4.78, 5) is 23.1. The number of amides is 1. The van der Waals surface area contributed by atoms with Crippen molar-refractivity contribution in [1.82, 2.24) is 0 Å². The molecule has 1 aromatic heterocycles. The van der Waals surface area contributed by atoms with Crippen LogP contribution in [-0.4, -0.2) is 17.0 Å². The van der Waals surface area contributed by atoms with E-state index in [0.717, 1.165) is 14.9 Å². The van der Waals surface area contributed by atoms with Crippen LogP contribution in [0.25, 0.3) is 0 Å². The molecule has 0 aliphatic carbocycles. The first-order chi connectivity index (χ1) is 8.97. The van der Waals surface area contributed by atoms with E-state index in [0.29, 0.717) is 16.1 Å². The summed E-state index contributed by atoms with van der Waals surface area (Å²) in [6.07, 6.45) is 0. The maximum absolute atomic E-state index is 12.0. The molecule has 6 heteroatoms. The molecule has 0 aliphatic heterocycles. The van der Waals surface area contributed by atoms with Crippen molar-refractivity contribution >= 4 is 50.8 Å². The van der Waals surface area contributed by atoms with Crippen LogP contribution in [0.5, 0.6) is 0 Å². The Hall–Kier alpha value is -1.41. The summed E-state index contributed by atoms with van der Waals surface area (Å²) >= 11 is 3.22. The van der Waals surface area contributed by atoms with E-state index in [1.165, 1.54) is 0 Å². The number of carbonyl (C=O) groups is 2. The van der Waals surface area contributed by atoms with Crippen LogP contribution in [0.4, 0.5) is 5.00 Å². The highest BCUT2D eigenvalue weighted by Gasteiger charge is 2.14. The topological polar surface area (TPSA) is 66.4 Å². The van der Waals surface area contributed by atoms with E-state index >= 15 is 0 Å². The van der Waals surface area contributed by atoms with Crippen molar-refractivity contribution < 1.29 is 14.7 Å². The highest BCUT2D eigenvalue weighted by atomic mass is 127. The maximum Gasteiger partial charge on any atom is 0.346 e. The molecule has 0 saturated carbocycles. The maximum atomic E-state index is 12.0. The number of nitrogens with one attached hydrogen (secondary N) is 1. The lowest BCUT2D eigenvalue weighted by molar-refractivity contribution is 0.0701. The minimum Gasteiger partial charge on any atom is -0.477 e. The molecule has 0 unspecified atom stereocenters. The van der Waals surface area contributed by atoms with Gasteiger partial charge in [0.1, 0.15) is 4.88 Å². The van der Waals surface area contributed by atoms with Crippen LogP contribution in [0.1, 0.15) is 25.6 Å². The van der Waals surface area contributed by atoms with Crippen LogP contribution in [0.3, 0.4) is 0 Å². The number of rotatable bonds is 3.